The van der Waals surface area contributed by atoms with E-state index in [9.17, 15) is 8.42 Å². The molecule has 0 atom stereocenters. The maximum Gasteiger partial charge on any atom is 0.247 e. The van der Waals surface area contributed by atoms with Crippen LogP contribution in [0.5, 0.6) is 0 Å². The molecule has 0 bridgehead atoms. The first kappa shape index (κ1) is 14.7. The third-order valence-corrected chi connectivity index (χ3v) is 3.83. The normalized spacial score (nSPS) is 11.7. The summed E-state index contributed by atoms with van der Waals surface area (Å²) in [6, 6.07) is 6.38. The summed E-state index contributed by atoms with van der Waals surface area (Å²) in [4.78, 5) is 0.269. The van der Waals surface area contributed by atoms with Crippen molar-refractivity contribution in [2.45, 2.75) is 24.8 Å². The summed E-state index contributed by atoms with van der Waals surface area (Å²) in [6.07, 6.45) is 2.21. The minimum absolute atomic E-state index is 0.269. The van der Waals surface area contributed by atoms with Crippen molar-refractivity contribution < 1.29 is 12.8 Å². The van der Waals surface area contributed by atoms with Crippen LogP contribution in [0.1, 0.15) is 19.2 Å². The van der Waals surface area contributed by atoms with Gasteiger partial charge in [0.25, 0.3) is 0 Å². The fraction of sp³-hybridized carbons (Fsp3) is 0.385. The van der Waals surface area contributed by atoms with Gasteiger partial charge >= 0.3 is 0 Å². The smallest absolute Gasteiger partial charge is 0.247 e. The van der Waals surface area contributed by atoms with Gasteiger partial charge in [-0.15, -0.1) is 10.2 Å². The molecule has 2 aromatic rings. The molecule has 20 heavy (non-hydrogen) atoms. The van der Waals surface area contributed by atoms with Crippen LogP contribution < -0.4 is 5.32 Å². The van der Waals surface area contributed by atoms with Crippen LogP contribution in [-0.2, 0) is 16.4 Å². The van der Waals surface area contributed by atoms with Crippen LogP contribution in [-0.4, -0.2) is 31.4 Å². The van der Waals surface area contributed by atoms with Gasteiger partial charge in [0.05, 0.1) is 11.4 Å². The van der Waals surface area contributed by atoms with E-state index in [1.807, 2.05) is 0 Å². The number of hydrogen-bond acceptors (Lipinski definition) is 6. The Morgan fingerprint density at radius 2 is 1.90 bits per heavy atom. The average Bonchev–Trinajstić information content (AvgIpc) is 2.87. The van der Waals surface area contributed by atoms with Gasteiger partial charge in [0.15, 0.2) is 9.84 Å². The molecule has 0 spiro atoms. The molecule has 0 saturated heterocycles. The fourth-order valence-corrected chi connectivity index (χ4v) is 2.29. The molecule has 0 radical (unpaired) electrons. The van der Waals surface area contributed by atoms with Crippen molar-refractivity contribution in [2.75, 3.05) is 12.8 Å². The molecule has 0 saturated carbocycles. The first-order valence-corrected chi connectivity index (χ1v) is 8.23. The second kappa shape index (κ2) is 6.15. The van der Waals surface area contributed by atoms with Crippen molar-refractivity contribution in [1.82, 2.24) is 15.5 Å². The second-order valence-electron chi connectivity index (χ2n) is 4.47. The lowest BCUT2D eigenvalue weighted by molar-refractivity contribution is 0.477. The zero-order valence-corrected chi connectivity index (χ0v) is 12.3. The van der Waals surface area contributed by atoms with Crippen molar-refractivity contribution >= 4 is 9.84 Å². The minimum atomic E-state index is -3.19. The molecule has 1 aromatic heterocycles. The Morgan fingerprint density at radius 3 is 2.50 bits per heavy atom. The zero-order valence-electron chi connectivity index (χ0n) is 11.5. The van der Waals surface area contributed by atoms with E-state index in [1.165, 1.54) is 18.4 Å². The molecule has 7 heteroatoms. The van der Waals surface area contributed by atoms with Crippen LogP contribution >= 0.6 is 0 Å². The maximum absolute atomic E-state index is 11.4. The quantitative estimate of drug-likeness (QED) is 0.815. The average molecular weight is 295 g/mol. The van der Waals surface area contributed by atoms with Gasteiger partial charge in [-0.05, 0) is 37.2 Å². The van der Waals surface area contributed by atoms with Crippen molar-refractivity contribution in [1.29, 1.82) is 0 Å². The van der Waals surface area contributed by atoms with E-state index in [2.05, 4.69) is 22.4 Å². The van der Waals surface area contributed by atoms with Gasteiger partial charge in [0, 0.05) is 11.8 Å². The van der Waals surface area contributed by atoms with Gasteiger partial charge < -0.3 is 9.73 Å². The van der Waals surface area contributed by atoms with E-state index in [0.717, 1.165) is 13.0 Å². The third-order valence-electron chi connectivity index (χ3n) is 2.70. The van der Waals surface area contributed by atoms with Gasteiger partial charge in [-0.25, -0.2) is 8.42 Å². The molecule has 1 aromatic carbocycles. The highest BCUT2D eigenvalue weighted by atomic mass is 32.2. The summed E-state index contributed by atoms with van der Waals surface area (Å²) in [6.45, 7) is 3.50. The topological polar surface area (TPSA) is 85.1 Å². The summed E-state index contributed by atoms with van der Waals surface area (Å²) in [5.74, 6) is 0.902. The van der Waals surface area contributed by atoms with Gasteiger partial charge in [0.1, 0.15) is 0 Å². The van der Waals surface area contributed by atoms with Crippen LogP contribution in [0.4, 0.5) is 0 Å². The van der Waals surface area contributed by atoms with Crippen LogP contribution in [0.2, 0.25) is 0 Å². The molecular formula is C13H17N3O3S. The molecule has 2 rings (SSSR count). The summed E-state index contributed by atoms with van der Waals surface area (Å²) >= 11 is 0. The standard InChI is InChI=1S/C13H17N3O3S/c1-3-8-14-9-12-15-16-13(19-12)10-4-6-11(7-5-10)20(2,17)18/h4-7,14H,3,8-9H2,1-2H3. The molecule has 6 nitrogen and oxygen atoms in total. The van der Waals surface area contributed by atoms with Gasteiger partial charge in [-0.2, -0.15) is 0 Å². The molecule has 1 heterocycles. The number of aromatic nitrogens is 2. The number of benzene rings is 1. The number of nitrogens with zero attached hydrogens (tertiary/aromatic N) is 2. The van der Waals surface area contributed by atoms with Crippen molar-refractivity contribution in [3.8, 4) is 11.5 Å². The molecule has 0 aliphatic rings. The highest BCUT2D eigenvalue weighted by molar-refractivity contribution is 7.90. The molecule has 0 aliphatic carbocycles. The Hall–Kier alpha value is -1.73. The predicted octanol–water partition coefficient (Wildman–Crippen LogP) is 1.64. The Kier molecular flexibility index (Phi) is 4.51. The van der Waals surface area contributed by atoms with E-state index in [-0.39, 0.29) is 4.90 Å². The van der Waals surface area contributed by atoms with E-state index in [1.54, 1.807) is 12.1 Å². The second-order valence-corrected chi connectivity index (χ2v) is 6.49. The highest BCUT2D eigenvalue weighted by Crippen LogP contribution is 2.20. The largest absolute Gasteiger partial charge is 0.419 e. The van der Waals surface area contributed by atoms with Crippen LogP contribution in [0.25, 0.3) is 11.5 Å². The molecule has 108 valence electrons. The lowest BCUT2D eigenvalue weighted by atomic mass is 10.2. The first-order valence-electron chi connectivity index (χ1n) is 6.34. The van der Waals surface area contributed by atoms with E-state index >= 15 is 0 Å². The van der Waals surface area contributed by atoms with E-state index in [0.29, 0.717) is 23.9 Å². The summed E-state index contributed by atoms with van der Waals surface area (Å²) in [5.41, 5.74) is 0.701. The molecule has 0 unspecified atom stereocenters. The fourth-order valence-electron chi connectivity index (χ4n) is 1.66. The van der Waals surface area contributed by atoms with Gasteiger partial charge in [-0.3, -0.25) is 0 Å². The highest BCUT2D eigenvalue weighted by Gasteiger charge is 2.11. The van der Waals surface area contributed by atoms with Crippen LogP contribution in [0.3, 0.4) is 0 Å². The summed E-state index contributed by atoms with van der Waals surface area (Å²) in [5, 5.41) is 11.1. The first-order chi connectivity index (χ1) is 9.50. The number of rotatable bonds is 6. The molecular weight excluding hydrogens is 278 g/mol. The Bertz CT molecular complexity index is 662. The predicted molar refractivity (Wildman–Crippen MR) is 74.8 cm³/mol. The van der Waals surface area contributed by atoms with Crippen molar-refractivity contribution in [3.05, 3.63) is 30.2 Å². The van der Waals surface area contributed by atoms with E-state index < -0.39 is 9.84 Å². The number of nitrogens with one attached hydrogen (secondary N) is 1. The SMILES string of the molecule is CCCNCc1nnc(-c2ccc(S(C)(=O)=O)cc2)o1. The van der Waals surface area contributed by atoms with Crippen LogP contribution in [0, 0.1) is 0 Å². The van der Waals surface area contributed by atoms with Gasteiger partial charge in [-0.1, -0.05) is 6.92 Å². The van der Waals surface area contributed by atoms with Gasteiger partial charge in [0.2, 0.25) is 11.8 Å². The molecule has 1 N–H and O–H groups in total. The van der Waals surface area contributed by atoms with E-state index in [4.69, 9.17) is 4.42 Å². The lowest BCUT2D eigenvalue weighted by Gasteiger charge is -1.99. The van der Waals surface area contributed by atoms with Crippen molar-refractivity contribution in [2.24, 2.45) is 0 Å². The number of hydrogen-bond donors (Lipinski definition) is 1. The van der Waals surface area contributed by atoms with Crippen LogP contribution in [0.15, 0.2) is 33.6 Å². The Balaban J connectivity index is 2.12. The Morgan fingerprint density at radius 1 is 1.20 bits per heavy atom. The number of sulfone groups is 1. The van der Waals surface area contributed by atoms with Crippen molar-refractivity contribution in [3.63, 3.8) is 0 Å². The lowest BCUT2D eigenvalue weighted by Crippen LogP contribution is -2.13. The summed E-state index contributed by atoms with van der Waals surface area (Å²) in [7, 11) is -3.19. The molecule has 0 fully saturated rings. The Labute approximate surface area is 118 Å². The maximum atomic E-state index is 11.4. The third kappa shape index (κ3) is 3.64. The monoisotopic (exact) mass is 295 g/mol. The minimum Gasteiger partial charge on any atom is -0.419 e. The zero-order chi connectivity index (χ0) is 14.6. The summed E-state index contributed by atoms with van der Waals surface area (Å²) < 4.78 is 28.3. The molecule has 0 aliphatic heterocycles. The molecule has 0 amide bonds.